The van der Waals surface area contributed by atoms with Crippen molar-refractivity contribution in [1.82, 2.24) is 4.90 Å². The second-order valence-corrected chi connectivity index (χ2v) is 12.7. The lowest BCUT2D eigenvalue weighted by Gasteiger charge is -2.30. The Morgan fingerprint density at radius 1 is 1.12 bits per heavy atom. The number of anilines is 1. The lowest BCUT2D eigenvalue weighted by atomic mass is 9.89. The average Bonchev–Trinajstić information content (AvgIpc) is 3.76. The highest BCUT2D eigenvalue weighted by Crippen LogP contribution is 2.38. The molecular weight excluding hydrogens is 527 g/mol. The normalized spacial score (nSPS) is 22.4. The zero-order valence-electron chi connectivity index (χ0n) is 26.6. The van der Waals surface area contributed by atoms with Crippen LogP contribution in [0.4, 0.5) is 10.1 Å². The van der Waals surface area contributed by atoms with Gasteiger partial charge >= 0.3 is 0 Å². The van der Waals surface area contributed by atoms with E-state index in [9.17, 15) is 9.18 Å². The molecule has 2 aromatic carbocycles. The van der Waals surface area contributed by atoms with Crippen LogP contribution in [0.25, 0.3) is 0 Å². The van der Waals surface area contributed by atoms with E-state index in [1.807, 2.05) is 19.1 Å². The van der Waals surface area contributed by atoms with Gasteiger partial charge in [-0.15, -0.1) is 0 Å². The zero-order valence-corrected chi connectivity index (χ0v) is 26.6. The first-order chi connectivity index (χ1) is 20.3. The molecule has 2 aromatic rings. The molecule has 3 aliphatic heterocycles. The molecular formula is C36H53FN2O3. The number of hydrogen-bond donors (Lipinski definition) is 0. The number of nitrogens with zero attached hydrogens (tertiary/aromatic N) is 2. The zero-order chi connectivity index (χ0) is 30.1. The quantitative estimate of drug-likeness (QED) is 0.241. The number of hydrogen-bond acceptors (Lipinski definition) is 5. The maximum absolute atomic E-state index is 13.2. The van der Waals surface area contributed by atoms with Crippen molar-refractivity contribution in [3.63, 3.8) is 0 Å². The summed E-state index contributed by atoms with van der Waals surface area (Å²) in [5, 5.41) is 0. The Hall–Kier alpha value is -2.44. The molecule has 5 nitrogen and oxygen atoms in total. The topological polar surface area (TPSA) is 42.0 Å². The van der Waals surface area contributed by atoms with Crippen molar-refractivity contribution in [3.05, 3.63) is 58.9 Å². The number of ether oxygens (including phenoxy) is 2. The van der Waals surface area contributed by atoms with Gasteiger partial charge in [-0.1, -0.05) is 45.7 Å². The molecule has 2 fully saturated rings. The third kappa shape index (κ3) is 8.35. The second kappa shape index (κ2) is 15.9. The fourth-order valence-corrected chi connectivity index (χ4v) is 7.14. The highest BCUT2D eigenvalue weighted by Gasteiger charge is 2.35. The van der Waals surface area contributed by atoms with Crippen LogP contribution < -0.4 is 9.64 Å². The van der Waals surface area contributed by atoms with Gasteiger partial charge in [0.05, 0.1) is 19.3 Å². The van der Waals surface area contributed by atoms with E-state index in [0.29, 0.717) is 36.6 Å². The third-order valence-corrected chi connectivity index (χ3v) is 9.61. The van der Waals surface area contributed by atoms with Crippen molar-refractivity contribution < 1.29 is 18.7 Å². The van der Waals surface area contributed by atoms with Gasteiger partial charge in [0.2, 0.25) is 0 Å². The van der Waals surface area contributed by atoms with Gasteiger partial charge in [0.15, 0.2) is 0 Å². The largest absolute Gasteiger partial charge is 0.493 e. The number of fused-ring (bicyclic) bond motifs is 1. The van der Waals surface area contributed by atoms with E-state index in [1.165, 1.54) is 49.7 Å². The fraction of sp³-hybridized carbons (Fsp3) is 0.639. The molecule has 0 aliphatic carbocycles. The number of aldehydes is 1. The first kappa shape index (κ1) is 32.5. The maximum Gasteiger partial charge on any atom is 0.133 e. The Balaban J connectivity index is 0.000000209. The van der Waals surface area contributed by atoms with Crippen LogP contribution in [0.15, 0.2) is 36.4 Å². The van der Waals surface area contributed by atoms with Gasteiger partial charge in [-0.3, -0.25) is 4.90 Å². The minimum absolute atomic E-state index is 0.121. The third-order valence-electron chi connectivity index (χ3n) is 9.61. The molecule has 4 unspecified atom stereocenters. The number of aryl methyl sites for hydroxylation is 1. The first-order valence-corrected chi connectivity index (χ1v) is 16.4. The average molecular weight is 581 g/mol. The number of halogens is 1. The van der Waals surface area contributed by atoms with Gasteiger partial charge < -0.3 is 19.2 Å². The number of carbonyl (C=O) groups is 1. The predicted octanol–water partition coefficient (Wildman–Crippen LogP) is 7.72. The van der Waals surface area contributed by atoms with E-state index in [2.05, 4.69) is 55.8 Å². The van der Waals surface area contributed by atoms with Gasteiger partial charge in [0.1, 0.15) is 17.9 Å². The predicted molar refractivity (Wildman–Crippen MR) is 170 cm³/mol. The summed E-state index contributed by atoms with van der Waals surface area (Å²) in [6.45, 7) is 11.8. The van der Waals surface area contributed by atoms with Crippen molar-refractivity contribution in [2.45, 2.75) is 110 Å². The minimum atomic E-state index is -0.121. The Bertz CT molecular complexity index is 1130. The van der Waals surface area contributed by atoms with E-state index < -0.39 is 0 Å². The molecule has 0 radical (unpaired) electrons. The number of benzene rings is 2. The highest BCUT2D eigenvalue weighted by atomic mass is 19.1. The molecule has 3 heterocycles. The Kier molecular flexibility index (Phi) is 12.3. The summed E-state index contributed by atoms with van der Waals surface area (Å²) in [5.41, 5.74) is 4.60. The van der Waals surface area contributed by atoms with Crippen LogP contribution in [-0.2, 0) is 16.0 Å². The van der Waals surface area contributed by atoms with Crippen LogP contribution in [0.2, 0.25) is 0 Å². The van der Waals surface area contributed by atoms with Crippen molar-refractivity contribution in [1.29, 1.82) is 0 Å². The van der Waals surface area contributed by atoms with Crippen LogP contribution in [-0.4, -0.2) is 62.7 Å². The molecule has 2 saturated heterocycles. The molecule has 0 N–H and O–H groups in total. The summed E-state index contributed by atoms with van der Waals surface area (Å²) in [6.07, 6.45) is 11.9. The van der Waals surface area contributed by atoms with Gasteiger partial charge in [-0.25, -0.2) is 4.39 Å². The van der Waals surface area contributed by atoms with Crippen LogP contribution >= 0.6 is 0 Å². The first-order valence-electron chi connectivity index (χ1n) is 16.4. The molecule has 0 saturated carbocycles. The minimum Gasteiger partial charge on any atom is -0.493 e. The van der Waals surface area contributed by atoms with Gasteiger partial charge in [0.25, 0.3) is 0 Å². The second-order valence-electron chi connectivity index (χ2n) is 12.7. The molecule has 0 amide bonds. The summed E-state index contributed by atoms with van der Waals surface area (Å²) < 4.78 is 24.8. The van der Waals surface area contributed by atoms with Crippen molar-refractivity contribution in [2.24, 2.45) is 5.92 Å². The fourth-order valence-electron chi connectivity index (χ4n) is 7.14. The summed E-state index contributed by atoms with van der Waals surface area (Å²) >= 11 is 0. The van der Waals surface area contributed by atoms with Gasteiger partial charge in [-0.05, 0) is 98.2 Å². The Morgan fingerprint density at radius 3 is 2.57 bits per heavy atom. The molecule has 0 spiro atoms. The lowest BCUT2D eigenvalue weighted by molar-refractivity contribution is -0.109. The van der Waals surface area contributed by atoms with E-state index in [4.69, 9.17) is 9.47 Å². The Labute approximate surface area is 253 Å². The summed E-state index contributed by atoms with van der Waals surface area (Å²) in [5.74, 6) is 2.01. The molecule has 4 atom stereocenters. The molecule has 0 aromatic heterocycles. The lowest BCUT2D eigenvalue weighted by Crippen LogP contribution is -2.34. The van der Waals surface area contributed by atoms with Crippen molar-refractivity contribution in [2.75, 3.05) is 38.3 Å². The standard InChI is InChI=1S/C21H29NO3.C15H24FN/c1-15(20-3-2-9-24-20)11-19-13-18(14-22(19)7-8-23)16-4-5-21-17(12-16)6-10-25-21;1-5-7-13(8-6-2)17(4)14-9-10-15(16)12(3)11-14/h4-5,8,12,15,18-20H,2-3,6-7,9-11,13-14H2,1H3;9-11,13H,5-8H2,1-4H3. The summed E-state index contributed by atoms with van der Waals surface area (Å²) in [7, 11) is 2.11. The van der Waals surface area contributed by atoms with E-state index >= 15 is 0 Å². The van der Waals surface area contributed by atoms with E-state index in [-0.39, 0.29) is 5.82 Å². The summed E-state index contributed by atoms with van der Waals surface area (Å²) in [6, 6.07) is 13.1. The maximum atomic E-state index is 13.2. The van der Waals surface area contributed by atoms with Gasteiger partial charge in [-0.2, -0.15) is 0 Å². The Morgan fingerprint density at radius 2 is 1.90 bits per heavy atom. The van der Waals surface area contributed by atoms with Gasteiger partial charge in [0, 0.05) is 44.4 Å². The smallest absolute Gasteiger partial charge is 0.133 e. The van der Waals surface area contributed by atoms with Crippen molar-refractivity contribution >= 4 is 12.0 Å². The number of carbonyl (C=O) groups excluding carboxylic acids is 1. The molecule has 3 aliphatic rings. The van der Waals surface area contributed by atoms with E-state index in [0.717, 1.165) is 62.3 Å². The number of likely N-dealkylation sites (tertiary alicyclic amines) is 1. The van der Waals surface area contributed by atoms with Crippen molar-refractivity contribution in [3.8, 4) is 5.75 Å². The number of rotatable bonds is 12. The molecule has 0 bridgehead atoms. The van der Waals surface area contributed by atoms with E-state index in [1.54, 1.807) is 6.07 Å². The molecule has 6 heteroatoms. The SMILES string of the molecule is CC(CC1CC(c2ccc3c(c2)CCO3)CN1CC=O)C1CCCO1.CCCC(CCC)N(C)c1ccc(F)c(C)c1. The summed E-state index contributed by atoms with van der Waals surface area (Å²) in [4.78, 5) is 15.8. The van der Waals surface area contributed by atoms with Crippen LogP contribution in [0.1, 0.15) is 94.7 Å². The van der Waals surface area contributed by atoms with Crippen LogP contribution in [0.3, 0.4) is 0 Å². The monoisotopic (exact) mass is 580 g/mol. The van der Waals surface area contributed by atoms with Crippen LogP contribution in [0, 0.1) is 18.7 Å². The van der Waals surface area contributed by atoms with Crippen LogP contribution in [0.5, 0.6) is 5.75 Å². The molecule has 232 valence electrons. The highest BCUT2D eigenvalue weighted by molar-refractivity contribution is 5.52. The molecule has 42 heavy (non-hydrogen) atoms. The molecule has 5 rings (SSSR count).